The van der Waals surface area contributed by atoms with Gasteiger partial charge in [-0.25, -0.2) is 15.8 Å². The molecular weight excluding hydrogens is 454 g/mol. The van der Waals surface area contributed by atoms with Crippen LogP contribution in [0.3, 0.4) is 0 Å². The van der Waals surface area contributed by atoms with Crippen LogP contribution in [0.1, 0.15) is 28.6 Å². The summed E-state index contributed by atoms with van der Waals surface area (Å²) < 4.78 is 0. The zero-order chi connectivity index (χ0) is 22.9. The van der Waals surface area contributed by atoms with Crippen molar-refractivity contribution >= 4 is 34.5 Å². The van der Waals surface area contributed by atoms with Crippen molar-refractivity contribution in [1.82, 2.24) is 20.7 Å². The lowest BCUT2D eigenvalue weighted by molar-refractivity contribution is -0.133. The monoisotopic (exact) mass is 481 g/mol. The van der Waals surface area contributed by atoms with E-state index in [0.717, 1.165) is 46.5 Å². The van der Waals surface area contributed by atoms with Crippen LogP contribution in [0, 0.1) is 13.8 Å². The maximum Gasteiger partial charge on any atom is 0.241 e. The highest BCUT2D eigenvalue weighted by Gasteiger charge is 2.35. The van der Waals surface area contributed by atoms with Gasteiger partial charge in [0.15, 0.2) is 0 Å². The van der Waals surface area contributed by atoms with Crippen LogP contribution in [0.25, 0.3) is 10.6 Å². The summed E-state index contributed by atoms with van der Waals surface area (Å²) in [4.78, 5) is 23.4. The Kier molecular flexibility index (Phi) is 6.38. The van der Waals surface area contributed by atoms with E-state index in [1.54, 1.807) is 11.3 Å². The number of hydrogen-bond donors (Lipinski definition) is 2. The summed E-state index contributed by atoms with van der Waals surface area (Å²) >= 11 is 7.85. The molecule has 0 spiro atoms. The first-order valence-corrected chi connectivity index (χ1v) is 12.5. The van der Waals surface area contributed by atoms with E-state index in [0.29, 0.717) is 13.1 Å². The predicted octanol–water partition coefficient (Wildman–Crippen LogP) is 4.34. The molecule has 2 aromatic carbocycles. The Balaban J connectivity index is 1.20. The molecule has 5 rings (SSSR count). The summed E-state index contributed by atoms with van der Waals surface area (Å²) in [5, 5.41) is 1.76. The number of aromatic nitrogens is 1. The normalized spacial score (nSPS) is 20.9. The number of halogens is 1. The van der Waals surface area contributed by atoms with Gasteiger partial charge in [0.2, 0.25) is 5.91 Å². The summed E-state index contributed by atoms with van der Waals surface area (Å²) in [6, 6.07) is 16.2. The number of nitrogens with zero attached hydrogens (tertiary/aromatic N) is 3. The molecule has 1 amide bonds. The Morgan fingerprint density at radius 2 is 1.82 bits per heavy atom. The zero-order valence-electron chi connectivity index (χ0n) is 18.8. The molecule has 2 N–H and O–H groups in total. The van der Waals surface area contributed by atoms with E-state index in [1.807, 2.05) is 23.1 Å². The van der Waals surface area contributed by atoms with Gasteiger partial charge in [0.1, 0.15) is 11.0 Å². The van der Waals surface area contributed by atoms with E-state index in [2.05, 4.69) is 59.9 Å². The molecule has 0 radical (unpaired) electrons. The van der Waals surface area contributed by atoms with Gasteiger partial charge in [-0.1, -0.05) is 47.5 Å². The molecule has 0 bridgehead atoms. The standard InChI is InChI=1S/C25H28ClN5OS/c1-16-6-8-18(9-7-16)24-27-17(2)23(33-24)21-15-22(29-28-21)25(32)31-12-10-30(11-13-31)20-5-3-4-19(26)14-20/h3-9,14,21-22,28-29H,10-13,15H2,1-2H3. The number of amides is 1. The third-order valence-electron chi connectivity index (χ3n) is 6.41. The number of piperazine rings is 1. The van der Waals surface area contributed by atoms with Crippen molar-refractivity contribution in [2.24, 2.45) is 0 Å². The number of thiazole rings is 1. The number of carbonyl (C=O) groups is 1. The summed E-state index contributed by atoms with van der Waals surface area (Å²) in [6.45, 7) is 7.18. The topological polar surface area (TPSA) is 60.5 Å². The molecule has 2 aliphatic heterocycles. The predicted molar refractivity (Wildman–Crippen MR) is 135 cm³/mol. The second-order valence-corrected chi connectivity index (χ2v) is 10.2. The minimum atomic E-state index is -0.225. The van der Waals surface area contributed by atoms with E-state index in [-0.39, 0.29) is 18.0 Å². The van der Waals surface area contributed by atoms with Crippen LogP contribution in [0.4, 0.5) is 5.69 Å². The Morgan fingerprint density at radius 1 is 1.06 bits per heavy atom. The maximum absolute atomic E-state index is 13.2. The lowest BCUT2D eigenvalue weighted by Gasteiger charge is -2.37. The van der Waals surface area contributed by atoms with Crippen molar-refractivity contribution in [3.8, 4) is 10.6 Å². The van der Waals surface area contributed by atoms with Crippen molar-refractivity contribution in [3.63, 3.8) is 0 Å². The van der Waals surface area contributed by atoms with Gasteiger partial charge in [-0.05, 0) is 38.5 Å². The van der Waals surface area contributed by atoms with Crippen LogP contribution in [0.5, 0.6) is 0 Å². The Hall–Kier alpha value is -2.45. The van der Waals surface area contributed by atoms with Crippen LogP contribution in [-0.2, 0) is 4.79 Å². The van der Waals surface area contributed by atoms with Gasteiger partial charge in [0.25, 0.3) is 0 Å². The zero-order valence-corrected chi connectivity index (χ0v) is 20.4. The van der Waals surface area contributed by atoms with E-state index in [4.69, 9.17) is 16.6 Å². The molecule has 33 heavy (non-hydrogen) atoms. The first-order valence-electron chi connectivity index (χ1n) is 11.3. The van der Waals surface area contributed by atoms with Crippen molar-refractivity contribution < 1.29 is 4.79 Å². The molecule has 0 aliphatic carbocycles. The summed E-state index contributed by atoms with van der Waals surface area (Å²) in [5.74, 6) is 0.164. The molecule has 2 fully saturated rings. The van der Waals surface area contributed by atoms with Gasteiger partial charge in [0.05, 0.1) is 11.7 Å². The Labute approximate surface area is 203 Å². The van der Waals surface area contributed by atoms with Crippen molar-refractivity contribution in [2.45, 2.75) is 32.4 Å². The van der Waals surface area contributed by atoms with E-state index < -0.39 is 0 Å². The minimum Gasteiger partial charge on any atom is -0.368 e. The number of hydrazine groups is 1. The molecule has 8 heteroatoms. The number of anilines is 1. The van der Waals surface area contributed by atoms with Crippen LogP contribution >= 0.6 is 22.9 Å². The molecule has 172 valence electrons. The number of hydrogen-bond acceptors (Lipinski definition) is 6. The highest BCUT2D eigenvalue weighted by atomic mass is 35.5. The molecule has 3 aromatic rings. The van der Waals surface area contributed by atoms with Gasteiger partial charge in [-0.2, -0.15) is 0 Å². The SMILES string of the molecule is Cc1ccc(-c2nc(C)c(C3CC(C(=O)N4CCN(c5cccc(Cl)c5)CC4)NN3)s2)cc1. The van der Waals surface area contributed by atoms with Gasteiger partial charge in [-0.15, -0.1) is 11.3 Å². The van der Waals surface area contributed by atoms with Crippen molar-refractivity contribution in [2.75, 3.05) is 31.1 Å². The van der Waals surface area contributed by atoms with Crippen molar-refractivity contribution in [1.29, 1.82) is 0 Å². The molecule has 2 atom stereocenters. The molecule has 3 heterocycles. The fourth-order valence-electron chi connectivity index (χ4n) is 4.52. The molecule has 2 saturated heterocycles. The highest BCUT2D eigenvalue weighted by Crippen LogP contribution is 2.35. The third kappa shape index (κ3) is 4.77. The van der Waals surface area contributed by atoms with Crippen LogP contribution in [0.15, 0.2) is 48.5 Å². The van der Waals surface area contributed by atoms with Crippen molar-refractivity contribution in [3.05, 3.63) is 69.7 Å². The number of benzene rings is 2. The summed E-state index contributed by atoms with van der Waals surface area (Å²) in [7, 11) is 0. The molecule has 1 aromatic heterocycles. The highest BCUT2D eigenvalue weighted by molar-refractivity contribution is 7.15. The first kappa shape index (κ1) is 22.3. The number of aryl methyl sites for hydroxylation is 2. The van der Waals surface area contributed by atoms with Gasteiger partial charge in [0, 0.05) is 47.3 Å². The average molecular weight is 482 g/mol. The Morgan fingerprint density at radius 3 is 2.55 bits per heavy atom. The second-order valence-electron chi connectivity index (χ2n) is 8.76. The fraction of sp³-hybridized carbons (Fsp3) is 0.360. The summed E-state index contributed by atoms with van der Waals surface area (Å²) in [6.07, 6.45) is 0.726. The molecule has 2 aliphatic rings. The molecule has 0 saturated carbocycles. The van der Waals surface area contributed by atoms with Crippen LogP contribution < -0.4 is 15.8 Å². The smallest absolute Gasteiger partial charge is 0.241 e. The van der Waals surface area contributed by atoms with E-state index >= 15 is 0 Å². The number of carbonyl (C=O) groups excluding carboxylic acids is 1. The maximum atomic E-state index is 13.2. The largest absolute Gasteiger partial charge is 0.368 e. The minimum absolute atomic E-state index is 0.0865. The number of nitrogens with one attached hydrogen (secondary N) is 2. The number of rotatable bonds is 4. The van der Waals surface area contributed by atoms with E-state index in [1.165, 1.54) is 10.4 Å². The summed E-state index contributed by atoms with van der Waals surface area (Å²) in [5.41, 5.74) is 11.1. The lowest BCUT2D eigenvalue weighted by atomic mass is 10.1. The lowest BCUT2D eigenvalue weighted by Crippen LogP contribution is -2.53. The average Bonchev–Trinajstić information content (AvgIpc) is 3.46. The van der Waals surface area contributed by atoms with Gasteiger partial charge in [-0.3, -0.25) is 4.79 Å². The Bertz CT molecular complexity index is 1140. The molecule has 2 unspecified atom stereocenters. The second kappa shape index (κ2) is 9.43. The van der Waals surface area contributed by atoms with Crippen LogP contribution in [-0.4, -0.2) is 48.0 Å². The van der Waals surface area contributed by atoms with Crippen LogP contribution in [0.2, 0.25) is 5.02 Å². The molecule has 6 nitrogen and oxygen atoms in total. The fourth-order valence-corrected chi connectivity index (χ4v) is 5.84. The quantitative estimate of drug-likeness (QED) is 0.580. The van der Waals surface area contributed by atoms with Gasteiger partial charge < -0.3 is 9.80 Å². The first-order chi connectivity index (χ1) is 16.0. The van der Waals surface area contributed by atoms with E-state index in [9.17, 15) is 4.79 Å². The third-order valence-corrected chi connectivity index (χ3v) is 7.97. The van der Waals surface area contributed by atoms with Gasteiger partial charge >= 0.3 is 0 Å². The molecular formula is C25H28ClN5OS.